The van der Waals surface area contributed by atoms with Gasteiger partial charge in [0.25, 0.3) is 5.78 Å². The molecule has 0 aliphatic carbocycles. The summed E-state index contributed by atoms with van der Waals surface area (Å²) in [5, 5.41) is 44.9. The molecule has 114 valence electrons. The van der Waals surface area contributed by atoms with Gasteiger partial charge in [0.2, 0.25) is 0 Å². The second-order valence-electron chi connectivity index (χ2n) is 3.76. The third kappa shape index (κ3) is 5.84. The van der Waals surface area contributed by atoms with Crippen LogP contribution in [0.3, 0.4) is 0 Å². The lowest BCUT2D eigenvalue weighted by molar-refractivity contribution is -0.160. The summed E-state index contributed by atoms with van der Waals surface area (Å²) in [5.74, 6) is -4.50. The molecule has 10 nitrogen and oxygen atoms in total. The molecule has 0 saturated carbocycles. The highest BCUT2D eigenvalue weighted by Gasteiger charge is 2.31. The molecule has 20 heavy (non-hydrogen) atoms. The number of carboxylic acid groups (broad SMARTS) is 1. The van der Waals surface area contributed by atoms with Crippen LogP contribution in [0.5, 0.6) is 0 Å². The molecule has 0 spiro atoms. The van der Waals surface area contributed by atoms with Crippen molar-refractivity contribution in [3.05, 3.63) is 0 Å². The second-order valence-corrected chi connectivity index (χ2v) is 3.76. The predicted octanol–water partition coefficient (Wildman–Crippen LogP) is -3.78. The summed E-state index contributed by atoms with van der Waals surface area (Å²) in [6, 6.07) is 0. The maximum atomic E-state index is 11.0. The lowest BCUT2D eigenvalue weighted by atomic mass is 10.0. The second kappa shape index (κ2) is 8.32. The van der Waals surface area contributed by atoms with Gasteiger partial charge >= 0.3 is 11.9 Å². The number of carbonyl (C=O) groups is 4. The number of aliphatic hydroxyl groups is 4. The standard InChI is InChI=1S/C10H14O10/c11-2-5(13)8(16)9(17)6(14)3-20-7(15)1-4(12)10(18)19/h2,5-6,8-9,13-14,16-17H,1,3H2,(H,18,19)/t5-,6+,8+,9+/m0/s1. The molecule has 0 fully saturated rings. The zero-order valence-corrected chi connectivity index (χ0v) is 10.1. The lowest BCUT2D eigenvalue weighted by Crippen LogP contribution is -2.46. The molecule has 0 unspecified atom stereocenters. The third-order valence-corrected chi connectivity index (χ3v) is 2.19. The number of rotatable bonds is 9. The van der Waals surface area contributed by atoms with E-state index in [9.17, 15) is 34.5 Å². The number of ketones is 1. The highest BCUT2D eigenvalue weighted by molar-refractivity contribution is 6.35. The summed E-state index contributed by atoms with van der Waals surface area (Å²) >= 11 is 0. The molecule has 10 heteroatoms. The Morgan fingerprint density at radius 3 is 2.05 bits per heavy atom. The van der Waals surface area contributed by atoms with E-state index >= 15 is 0 Å². The zero-order valence-electron chi connectivity index (χ0n) is 10.1. The Balaban J connectivity index is 4.24. The fourth-order valence-corrected chi connectivity index (χ4v) is 1.04. The van der Waals surface area contributed by atoms with Crippen LogP contribution in [-0.4, -0.2) is 80.6 Å². The predicted molar refractivity (Wildman–Crippen MR) is 58.3 cm³/mol. The molecule has 0 rings (SSSR count). The number of ether oxygens (including phenoxy) is 1. The fraction of sp³-hybridized carbons (Fsp3) is 0.600. The molecule has 4 atom stereocenters. The Morgan fingerprint density at radius 1 is 1.05 bits per heavy atom. The van der Waals surface area contributed by atoms with Gasteiger partial charge in [-0.15, -0.1) is 0 Å². The van der Waals surface area contributed by atoms with Crippen molar-refractivity contribution >= 4 is 24.0 Å². The van der Waals surface area contributed by atoms with Crippen molar-refractivity contribution in [2.45, 2.75) is 30.8 Å². The van der Waals surface area contributed by atoms with Crippen molar-refractivity contribution in [3.63, 3.8) is 0 Å². The highest BCUT2D eigenvalue weighted by atomic mass is 16.5. The Bertz CT molecular complexity index is 378. The van der Waals surface area contributed by atoms with Crippen LogP contribution >= 0.6 is 0 Å². The highest BCUT2D eigenvalue weighted by Crippen LogP contribution is 2.05. The van der Waals surface area contributed by atoms with E-state index in [0.717, 1.165) is 0 Å². The number of hydrogen-bond donors (Lipinski definition) is 5. The van der Waals surface area contributed by atoms with Crippen molar-refractivity contribution < 1.29 is 49.4 Å². The van der Waals surface area contributed by atoms with Gasteiger partial charge in [0.15, 0.2) is 6.29 Å². The maximum Gasteiger partial charge on any atom is 0.372 e. The number of Topliss-reactive ketones (excluding diaryl/α,β-unsaturated/α-hetero) is 1. The summed E-state index contributed by atoms with van der Waals surface area (Å²) in [5.41, 5.74) is 0. The number of aldehydes is 1. The van der Waals surface area contributed by atoms with Crippen LogP contribution < -0.4 is 0 Å². The van der Waals surface area contributed by atoms with Gasteiger partial charge in [-0.05, 0) is 0 Å². The van der Waals surface area contributed by atoms with Crippen LogP contribution in [0.1, 0.15) is 6.42 Å². The molecule has 0 aliphatic heterocycles. The quantitative estimate of drug-likeness (QED) is 0.122. The number of aliphatic carboxylic acids is 1. The van der Waals surface area contributed by atoms with Crippen LogP contribution in [0, 0.1) is 0 Å². The topological polar surface area (TPSA) is 179 Å². The smallest absolute Gasteiger partial charge is 0.372 e. The molecule has 5 N–H and O–H groups in total. The van der Waals surface area contributed by atoms with Crippen molar-refractivity contribution in [1.82, 2.24) is 0 Å². The van der Waals surface area contributed by atoms with E-state index in [1.165, 1.54) is 0 Å². The van der Waals surface area contributed by atoms with Gasteiger partial charge in [-0.3, -0.25) is 9.59 Å². The third-order valence-electron chi connectivity index (χ3n) is 2.19. The number of hydrogen-bond acceptors (Lipinski definition) is 9. The van der Waals surface area contributed by atoms with E-state index in [1.54, 1.807) is 0 Å². The average molecular weight is 294 g/mol. The summed E-state index contributed by atoms with van der Waals surface area (Å²) in [6.07, 6.45) is -8.90. The number of carbonyl (C=O) groups excluding carboxylic acids is 3. The normalized spacial score (nSPS) is 16.6. The molecule has 0 saturated heterocycles. The lowest BCUT2D eigenvalue weighted by Gasteiger charge is -2.23. The first-order valence-electron chi connectivity index (χ1n) is 5.30. The molecule has 0 aromatic rings. The first-order chi connectivity index (χ1) is 9.20. The van der Waals surface area contributed by atoms with Gasteiger partial charge in [0.1, 0.15) is 37.4 Å². The minimum absolute atomic E-state index is 0.0713. The first-order valence-corrected chi connectivity index (χ1v) is 5.30. The minimum atomic E-state index is -2.00. The van der Waals surface area contributed by atoms with Gasteiger partial charge in [0, 0.05) is 0 Å². The minimum Gasteiger partial charge on any atom is -0.475 e. The SMILES string of the molecule is O=C[C@H](O)[C@@H](O)[C@H](O)[C@H](O)COC(=O)CC(=O)C(=O)O. The van der Waals surface area contributed by atoms with Gasteiger partial charge in [-0.1, -0.05) is 0 Å². The number of esters is 1. The van der Waals surface area contributed by atoms with E-state index in [0.29, 0.717) is 0 Å². The van der Waals surface area contributed by atoms with Crippen LogP contribution in [-0.2, 0) is 23.9 Å². The monoisotopic (exact) mass is 294 g/mol. The van der Waals surface area contributed by atoms with E-state index in [1.807, 2.05) is 0 Å². The zero-order chi connectivity index (χ0) is 15.9. The number of aliphatic hydroxyl groups excluding tert-OH is 4. The summed E-state index contributed by atoms with van der Waals surface area (Å²) in [7, 11) is 0. The van der Waals surface area contributed by atoms with Crippen LogP contribution in [0.25, 0.3) is 0 Å². The van der Waals surface area contributed by atoms with Gasteiger partial charge in [0.05, 0.1) is 0 Å². The van der Waals surface area contributed by atoms with Gasteiger partial charge in [-0.25, -0.2) is 4.79 Å². The summed E-state index contributed by atoms with van der Waals surface area (Å²) in [4.78, 5) is 41.9. The average Bonchev–Trinajstić information content (AvgIpc) is 2.41. The Morgan fingerprint density at radius 2 is 1.60 bits per heavy atom. The van der Waals surface area contributed by atoms with E-state index in [4.69, 9.17) is 10.2 Å². The van der Waals surface area contributed by atoms with Crippen molar-refractivity contribution in [3.8, 4) is 0 Å². The molecular formula is C10H14O10. The molecule has 0 bridgehead atoms. The molecule has 0 amide bonds. The van der Waals surface area contributed by atoms with Crippen LogP contribution in [0.15, 0.2) is 0 Å². The first kappa shape index (κ1) is 18.1. The van der Waals surface area contributed by atoms with E-state index in [2.05, 4.69) is 4.74 Å². The summed E-state index contributed by atoms with van der Waals surface area (Å²) < 4.78 is 4.30. The maximum absolute atomic E-state index is 11.0. The molecule has 0 aromatic carbocycles. The number of carboxylic acids is 1. The van der Waals surface area contributed by atoms with Crippen LogP contribution in [0.2, 0.25) is 0 Å². The van der Waals surface area contributed by atoms with Crippen molar-refractivity contribution in [1.29, 1.82) is 0 Å². The molecule has 0 radical (unpaired) electrons. The van der Waals surface area contributed by atoms with E-state index < -0.39 is 55.2 Å². The molecule has 0 aromatic heterocycles. The molecular weight excluding hydrogens is 280 g/mol. The molecule has 0 heterocycles. The molecule has 0 aliphatic rings. The van der Waals surface area contributed by atoms with Gasteiger partial charge in [-0.2, -0.15) is 0 Å². The van der Waals surface area contributed by atoms with Crippen molar-refractivity contribution in [2.24, 2.45) is 0 Å². The largest absolute Gasteiger partial charge is 0.475 e. The fourth-order valence-electron chi connectivity index (χ4n) is 1.04. The van der Waals surface area contributed by atoms with Crippen LogP contribution in [0.4, 0.5) is 0 Å². The van der Waals surface area contributed by atoms with E-state index in [-0.39, 0.29) is 6.29 Å². The Kier molecular flexibility index (Phi) is 7.54. The Hall–Kier alpha value is -1.88. The Labute approximate surface area is 112 Å². The van der Waals surface area contributed by atoms with Crippen molar-refractivity contribution in [2.75, 3.05) is 6.61 Å². The van der Waals surface area contributed by atoms with Gasteiger partial charge < -0.3 is 35.1 Å². The summed E-state index contributed by atoms with van der Waals surface area (Å²) in [6.45, 7) is -0.866.